The first kappa shape index (κ1) is 22.9. The van der Waals surface area contributed by atoms with E-state index in [9.17, 15) is 14.4 Å². The van der Waals surface area contributed by atoms with E-state index < -0.39 is 12.1 Å². The van der Waals surface area contributed by atoms with Crippen molar-refractivity contribution < 1.29 is 18.8 Å². The van der Waals surface area contributed by atoms with Crippen molar-refractivity contribution in [2.75, 3.05) is 29.9 Å². The molecule has 0 saturated carbocycles. The number of nitrogens with one attached hydrogen (secondary N) is 2. The molecule has 2 aliphatic rings. The molecular weight excluding hydrogens is 420 g/mol. The second-order valence-electron chi connectivity index (χ2n) is 8.72. The molecule has 2 fully saturated rings. The summed E-state index contributed by atoms with van der Waals surface area (Å²) >= 11 is 0. The van der Waals surface area contributed by atoms with Crippen LogP contribution in [-0.4, -0.2) is 54.3 Å². The van der Waals surface area contributed by atoms with Gasteiger partial charge >= 0.3 is 0 Å². The number of rotatable bonds is 8. The molecule has 1 aromatic carbocycles. The smallest absolute Gasteiger partial charge is 0.290 e. The lowest BCUT2D eigenvalue weighted by Crippen LogP contribution is -2.51. The lowest BCUT2D eigenvalue weighted by Gasteiger charge is -2.26. The van der Waals surface area contributed by atoms with Crippen LogP contribution in [0.25, 0.3) is 0 Å². The Morgan fingerprint density at radius 2 is 1.91 bits per heavy atom. The summed E-state index contributed by atoms with van der Waals surface area (Å²) in [5, 5.41) is 5.86. The number of carbonyl (C=O) groups excluding carboxylic acids is 3. The van der Waals surface area contributed by atoms with Gasteiger partial charge in [-0.25, -0.2) is 0 Å². The van der Waals surface area contributed by atoms with Crippen LogP contribution in [0.15, 0.2) is 47.1 Å². The van der Waals surface area contributed by atoms with E-state index in [2.05, 4.69) is 21.6 Å². The molecule has 0 aliphatic carbocycles. The van der Waals surface area contributed by atoms with Gasteiger partial charge in [0.25, 0.3) is 5.91 Å². The molecule has 2 saturated heterocycles. The van der Waals surface area contributed by atoms with Gasteiger partial charge in [0.2, 0.25) is 11.8 Å². The SMILES string of the molecule is CCCC(NC(=O)[C@@H]1CCCN1C(=O)c1ccco1)C(=O)Nc1cccc(N2CCCC2)c1. The first-order valence-electron chi connectivity index (χ1n) is 11.9. The third-order valence-corrected chi connectivity index (χ3v) is 6.34. The Morgan fingerprint density at radius 3 is 2.64 bits per heavy atom. The molecule has 33 heavy (non-hydrogen) atoms. The standard InChI is InChI=1S/C25H32N4O4/c1-2-8-20(23(30)26-18-9-5-10-19(17-18)28-13-3-4-14-28)27-24(31)21-11-6-15-29(21)25(32)22-12-7-16-33-22/h5,7,9-10,12,16-17,20-21H,2-4,6,8,11,13-15H2,1H3,(H,26,30)(H,27,31)/t20?,21-/m0/s1. The van der Waals surface area contributed by atoms with E-state index in [0.29, 0.717) is 19.4 Å². The van der Waals surface area contributed by atoms with Crippen LogP contribution in [0, 0.1) is 0 Å². The number of carbonyl (C=O) groups is 3. The fourth-order valence-corrected chi connectivity index (χ4v) is 4.63. The van der Waals surface area contributed by atoms with Crippen LogP contribution in [0.2, 0.25) is 0 Å². The molecule has 3 amide bonds. The minimum Gasteiger partial charge on any atom is -0.459 e. The molecule has 4 rings (SSSR count). The van der Waals surface area contributed by atoms with E-state index >= 15 is 0 Å². The van der Waals surface area contributed by atoms with Gasteiger partial charge in [0.15, 0.2) is 5.76 Å². The molecule has 2 aliphatic heterocycles. The lowest BCUT2D eigenvalue weighted by molar-refractivity contribution is -0.129. The van der Waals surface area contributed by atoms with Crippen molar-refractivity contribution in [3.63, 3.8) is 0 Å². The number of nitrogens with zero attached hydrogens (tertiary/aromatic N) is 2. The first-order valence-corrected chi connectivity index (χ1v) is 11.9. The van der Waals surface area contributed by atoms with Crippen molar-refractivity contribution in [1.82, 2.24) is 10.2 Å². The highest BCUT2D eigenvalue weighted by atomic mass is 16.3. The Balaban J connectivity index is 1.40. The van der Waals surface area contributed by atoms with Crippen molar-refractivity contribution in [1.29, 1.82) is 0 Å². The van der Waals surface area contributed by atoms with Crippen LogP contribution in [-0.2, 0) is 9.59 Å². The molecule has 8 nitrogen and oxygen atoms in total. The first-order chi connectivity index (χ1) is 16.1. The molecule has 2 atom stereocenters. The Labute approximate surface area is 194 Å². The van der Waals surface area contributed by atoms with Gasteiger partial charge in [-0.2, -0.15) is 0 Å². The van der Waals surface area contributed by atoms with Gasteiger partial charge in [0.05, 0.1) is 6.26 Å². The van der Waals surface area contributed by atoms with E-state index in [1.807, 2.05) is 25.1 Å². The zero-order chi connectivity index (χ0) is 23.2. The predicted octanol–water partition coefficient (Wildman–Crippen LogP) is 3.41. The number of hydrogen-bond donors (Lipinski definition) is 2. The number of furan rings is 1. The molecule has 2 N–H and O–H groups in total. The number of benzene rings is 1. The van der Waals surface area contributed by atoms with E-state index in [1.54, 1.807) is 12.1 Å². The Morgan fingerprint density at radius 1 is 1.09 bits per heavy atom. The van der Waals surface area contributed by atoms with E-state index in [1.165, 1.54) is 24.0 Å². The summed E-state index contributed by atoms with van der Waals surface area (Å²) in [4.78, 5) is 42.7. The fraction of sp³-hybridized carbons (Fsp3) is 0.480. The zero-order valence-corrected chi connectivity index (χ0v) is 19.1. The van der Waals surface area contributed by atoms with Crippen LogP contribution < -0.4 is 15.5 Å². The molecule has 0 radical (unpaired) electrons. The maximum atomic E-state index is 13.1. The quantitative estimate of drug-likeness (QED) is 0.640. The lowest BCUT2D eigenvalue weighted by atomic mass is 10.1. The Kier molecular flexibility index (Phi) is 7.32. The van der Waals surface area contributed by atoms with Crippen LogP contribution in [0.3, 0.4) is 0 Å². The molecule has 2 aromatic rings. The van der Waals surface area contributed by atoms with Gasteiger partial charge in [0.1, 0.15) is 12.1 Å². The van der Waals surface area contributed by atoms with Gasteiger partial charge in [0, 0.05) is 31.0 Å². The minimum absolute atomic E-state index is 0.218. The second kappa shape index (κ2) is 10.6. The molecule has 0 bridgehead atoms. The van der Waals surface area contributed by atoms with E-state index in [-0.39, 0.29) is 23.5 Å². The molecule has 3 heterocycles. The summed E-state index contributed by atoms with van der Waals surface area (Å²) in [5.41, 5.74) is 1.81. The van der Waals surface area contributed by atoms with Crippen molar-refractivity contribution in [2.45, 2.75) is 57.5 Å². The summed E-state index contributed by atoms with van der Waals surface area (Å²) in [5.74, 6) is -0.624. The molecule has 0 spiro atoms. The van der Waals surface area contributed by atoms with E-state index in [0.717, 1.165) is 37.3 Å². The second-order valence-corrected chi connectivity index (χ2v) is 8.72. The maximum Gasteiger partial charge on any atom is 0.290 e. The zero-order valence-electron chi connectivity index (χ0n) is 19.1. The number of hydrogen-bond acceptors (Lipinski definition) is 5. The molecule has 8 heteroatoms. The molecule has 1 aromatic heterocycles. The summed E-state index contributed by atoms with van der Waals surface area (Å²) in [7, 11) is 0. The molecular formula is C25H32N4O4. The summed E-state index contributed by atoms with van der Waals surface area (Å²) in [6.07, 6.45) is 6.37. The predicted molar refractivity (Wildman–Crippen MR) is 126 cm³/mol. The summed E-state index contributed by atoms with van der Waals surface area (Å²) < 4.78 is 5.22. The number of likely N-dealkylation sites (tertiary alicyclic amines) is 1. The Bertz CT molecular complexity index is 969. The van der Waals surface area contributed by atoms with Crippen molar-refractivity contribution in [3.05, 3.63) is 48.4 Å². The monoisotopic (exact) mass is 452 g/mol. The van der Waals surface area contributed by atoms with Crippen LogP contribution in [0.5, 0.6) is 0 Å². The third kappa shape index (κ3) is 5.38. The van der Waals surface area contributed by atoms with Gasteiger partial charge in [-0.1, -0.05) is 19.4 Å². The topological polar surface area (TPSA) is 94.9 Å². The minimum atomic E-state index is -0.667. The van der Waals surface area contributed by atoms with Gasteiger partial charge in [-0.05, 0) is 62.4 Å². The summed E-state index contributed by atoms with van der Waals surface area (Å²) in [6, 6.07) is 9.81. The van der Waals surface area contributed by atoms with Crippen LogP contribution >= 0.6 is 0 Å². The van der Waals surface area contributed by atoms with Gasteiger partial charge in [-0.3, -0.25) is 14.4 Å². The number of anilines is 2. The van der Waals surface area contributed by atoms with Crippen LogP contribution in [0.1, 0.15) is 56.0 Å². The average Bonchev–Trinajstić information content (AvgIpc) is 3.60. The van der Waals surface area contributed by atoms with Crippen molar-refractivity contribution in [2.24, 2.45) is 0 Å². The van der Waals surface area contributed by atoms with Crippen LogP contribution in [0.4, 0.5) is 11.4 Å². The number of amides is 3. The third-order valence-electron chi connectivity index (χ3n) is 6.34. The van der Waals surface area contributed by atoms with E-state index in [4.69, 9.17) is 4.42 Å². The van der Waals surface area contributed by atoms with Gasteiger partial charge < -0.3 is 24.9 Å². The fourth-order valence-electron chi connectivity index (χ4n) is 4.63. The highest BCUT2D eigenvalue weighted by molar-refractivity contribution is 6.00. The Hall–Kier alpha value is -3.29. The van der Waals surface area contributed by atoms with Crippen molar-refractivity contribution >= 4 is 29.1 Å². The van der Waals surface area contributed by atoms with Gasteiger partial charge in [-0.15, -0.1) is 0 Å². The molecule has 1 unspecified atom stereocenters. The van der Waals surface area contributed by atoms with Crippen molar-refractivity contribution in [3.8, 4) is 0 Å². The molecule has 176 valence electrons. The highest BCUT2D eigenvalue weighted by Crippen LogP contribution is 2.24. The largest absolute Gasteiger partial charge is 0.459 e. The maximum absolute atomic E-state index is 13.1. The summed E-state index contributed by atoms with van der Waals surface area (Å²) in [6.45, 7) is 4.52. The highest BCUT2D eigenvalue weighted by Gasteiger charge is 2.37. The normalized spacial score (nSPS) is 18.9. The average molecular weight is 453 g/mol.